The van der Waals surface area contributed by atoms with Gasteiger partial charge in [-0.1, -0.05) is 84.9 Å². The van der Waals surface area contributed by atoms with Crippen LogP contribution in [0.4, 0.5) is 5.69 Å². The average Bonchev–Trinajstić information content (AvgIpc) is 3.46. The Morgan fingerprint density at radius 1 is 0.976 bits per heavy atom. The fourth-order valence-corrected chi connectivity index (χ4v) is 7.41. The first-order chi connectivity index (χ1) is 20.0. The van der Waals surface area contributed by atoms with Crippen LogP contribution in [0.1, 0.15) is 55.7 Å². The zero-order valence-electron chi connectivity index (χ0n) is 24.1. The molecule has 10 heteroatoms. The number of nitrogens with zero attached hydrogens (tertiary/aromatic N) is 2. The highest BCUT2D eigenvalue weighted by Crippen LogP contribution is 2.29. The number of carbonyl (C=O) groups is 2. The van der Waals surface area contributed by atoms with Gasteiger partial charge in [0, 0.05) is 22.6 Å². The summed E-state index contributed by atoms with van der Waals surface area (Å²) in [6.07, 6.45) is 4.23. The molecule has 0 unspecified atom stereocenters. The second-order valence-corrected chi connectivity index (χ2v) is 13.5. The van der Waals surface area contributed by atoms with E-state index in [0.29, 0.717) is 33.3 Å². The predicted octanol–water partition coefficient (Wildman–Crippen LogP) is 6.67. The van der Waals surface area contributed by atoms with Crippen LogP contribution in [0, 0.1) is 13.8 Å². The van der Waals surface area contributed by atoms with Crippen LogP contribution < -0.4 is 9.62 Å². The van der Waals surface area contributed by atoms with Crippen LogP contribution in [0.25, 0.3) is 0 Å². The first kappa shape index (κ1) is 31.9. The van der Waals surface area contributed by atoms with Crippen LogP contribution in [0.2, 0.25) is 10.0 Å². The molecule has 3 aromatic carbocycles. The molecular formula is C32H37Cl2N3O4S. The number of amides is 2. The summed E-state index contributed by atoms with van der Waals surface area (Å²) in [6.45, 7) is 5.09. The molecule has 0 heterocycles. The Hall–Kier alpha value is -3.07. The summed E-state index contributed by atoms with van der Waals surface area (Å²) in [4.78, 5) is 29.4. The molecule has 3 aromatic rings. The number of nitrogens with one attached hydrogen (secondary N) is 1. The Bertz CT molecular complexity index is 1530. The predicted molar refractivity (Wildman–Crippen MR) is 168 cm³/mol. The van der Waals surface area contributed by atoms with E-state index >= 15 is 0 Å². The molecule has 0 bridgehead atoms. The van der Waals surface area contributed by atoms with Gasteiger partial charge in [0.05, 0.1) is 10.6 Å². The van der Waals surface area contributed by atoms with Gasteiger partial charge in [-0.3, -0.25) is 13.9 Å². The summed E-state index contributed by atoms with van der Waals surface area (Å²) in [5.74, 6) is -0.777. The Morgan fingerprint density at radius 3 is 2.29 bits per heavy atom. The molecule has 1 N–H and O–H groups in total. The molecule has 0 spiro atoms. The number of hydrogen-bond donors (Lipinski definition) is 1. The third kappa shape index (κ3) is 7.46. The van der Waals surface area contributed by atoms with Crippen molar-refractivity contribution in [2.45, 2.75) is 76.4 Å². The summed E-state index contributed by atoms with van der Waals surface area (Å²) in [5, 5.41) is 3.92. The number of anilines is 1. The molecule has 0 radical (unpaired) electrons. The first-order valence-corrected chi connectivity index (χ1v) is 16.4. The van der Waals surface area contributed by atoms with E-state index in [1.165, 1.54) is 17.0 Å². The maximum absolute atomic E-state index is 14.3. The van der Waals surface area contributed by atoms with Gasteiger partial charge in [0.2, 0.25) is 11.8 Å². The SMILES string of the molecule is CC[C@@H](C(=O)NC1CCCC1)N(Cc1ccc(Cl)cc1Cl)C(=O)CN(c1ccc(C)cc1C)S(=O)(=O)c1ccccc1. The zero-order chi connectivity index (χ0) is 30.4. The molecule has 42 heavy (non-hydrogen) atoms. The number of aryl methyl sites for hydroxylation is 2. The first-order valence-electron chi connectivity index (χ1n) is 14.2. The molecule has 0 saturated heterocycles. The highest BCUT2D eigenvalue weighted by Gasteiger charge is 2.35. The normalized spacial score (nSPS) is 14.4. The molecule has 1 fully saturated rings. The lowest BCUT2D eigenvalue weighted by molar-refractivity contribution is -0.140. The van der Waals surface area contributed by atoms with Gasteiger partial charge in [0.15, 0.2) is 0 Å². The number of rotatable bonds is 11. The maximum atomic E-state index is 14.3. The van der Waals surface area contributed by atoms with Crippen LogP contribution in [-0.4, -0.2) is 43.8 Å². The number of hydrogen-bond acceptors (Lipinski definition) is 4. The lowest BCUT2D eigenvalue weighted by Gasteiger charge is -2.34. The summed E-state index contributed by atoms with van der Waals surface area (Å²) < 4.78 is 29.2. The lowest BCUT2D eigenvalue weighted by atomic mass is 10.1. The second kappa shape index (κ2) is 13.9. The molecule has 1 aliphatic rings. The van der Waals surface area contributed by atoms with E-state index in [0.717, 1.165) is 35.6 Å². The minimum absolute atomic E-state index is 0.0114. The van der Waals surface area contributed by atoms with E-state index in [9.17, 15) is 18.0 Å². The van der Waals surface area contributed by atoms with Crippen LogP contribution in [0.15, 0.2) is 71.6 Å². The van der Waals surface area contributed by atoms with Crippen molar-refractivity contribution in [2.75, 3.05) is 10.8 Å². The molecule has 1 aliphatic carbocycles. The monoisotopic (exact) mass is 629 g/mol. The van der Waals surface area contributed by atoms with E-state index in [1.54, 1.807) is 42.5 Å². The fraction of sp³-hybridized carbons (Fsp3) is 0.375. The third-order valence-electron chi connectivity index (χ3n) is 7.67. The molecule has 7 nitrogen and oxygen atoms in total. The van der Waals surface area contributed by atoms with Crippen LogP contribution >= 0.6 is 23.2 Å². The molecule has 224 valence electrons. The third-order valence-corrected chi connectivity index (χ3v) is 10.0. The largest absolute Gasteiger partial charge is 0.352 e. The summed E-state index contributed by atoms with van der Waals surface area (Å²) >= 11 is 12.6. The second-order valence-electron chi connectivity index (χ2n) is 10.8. The molecule has 0 aromatic heterocycles. The van der Waals surface area contributed by atoms with Gasteiger partial charge < -0.3 is 10.2 Å². The van der Waals surface area contributed by atoms with Crippen molar-refractivity contribution in [3.05, 3.63) is 93.5 Å². The van der Waals surface area contributed by atoms with Crippen LogP contribution in [0.3, 0.4) is 0 Å². The minimum Gasteiger partial charge on any atom is -0.352 e. The standard InChI is InChI=1S/C32H37Cl2N3O4S/c1-4-29(32(39)35-26-10-8-9-11-26)36(20-24-15-16-25(33)19-28(24)34)31(38)21-37(30-17-14-22(2)18-23(30)3)42(40,41)27-12-6-5-7-13-27/h5-7,12-19,26,29H,4,8-11,20-21H2,1-3H3,(H,35,39)/t29-/m0/s1. The Balaban J connectivity index is 1.75. The quantitative estimate of drug-likeness (QED) is 0.256. The Kier molecular flexibility index (Phi) is 10.6. The van der Waals surface area contributed by atoms with Crippen molar-refractivity contribution in [1.29, 1.82) is 0 Å². The van der Waals surface area contributed by atoms with Crippen LogP contribution in [0.5, 0.6) is 0 Å². The summed E-state index contributed by atoms with van der Waals surface area (Å²) in [6, 6.07) is 17.6. The lowest BCUT2D eigenvalue weighted by Crippen LogP contribution is -2.53. The van der Waals surface area contributed by atoms with Gasteiger partial charge in [-0.05, 0) is 74.6 Å². The van der Waals surface area contributed by atoms with E-state index in [4.69, 9.17) is 23.2 Å². The smallest absolute Gasteiger partial charge is 0.264 e. The van der Waals surface area contributed by atoms with Gasteiger partial charge in [-0.15, -0.1) is 0 Å². The minimum atomic E-state index is -4.13. The summed E-state index contributed by atoms with van der Waals surface area (Å²) in [5.41, 5.74) is 2.67. The van der Waals surface area contributed by atoms with Crippen molar-refractivity contribution in [2.24, 2.45) is 0 Å². The maximum Gasteiger partial charge on any atom is 0.264 e. The molecule has 1 atom stereocenters. The van der Waals surface area contributed by atoms with Crippen molar-refractivity contribution in [3.63, 3.8) is 0 Å². The topological polar surface area (TPSA) is 86.8 Å². The van der Waals surface area contributed by atoms with E-state index in [-0.39, 0.29) is 23.4 Å². The van der Waals surface area contributed by atoms with Gasteiger partial charge in [-0.25, -0.2) is 8.42 Å². The number of halogens is 2. The molecular weight excluding hydrogens is 593 g/mol. The van der Waals surface area contributed by atoms with Crippen molar-refractivity contribution < 1.29 is 18.0 Å². The molecule has 1 saturated carbocycles. The van der Waals surface area contributed by atoms with Gasteiger partial charge in [0.1, 0.15) is 12.6 Å². The molecule has 0 aliphatic heterocycles. The molecule has 4 rings (SSSR count). The zero-order valence-corrected chi connectivity index (χ0v) is 26.5. The number of sulfonamides is 1. The Labute approximate surface area is 258 Å². The molecule has 2 amide bonds. The van der Waals surface area contributed by atoms with Crippen molar-refractivity contribution >= 4 is 50.7 Å². The van der Waals surface area contributed by atoms with E-state index in [1.807, 2.05) is 32.9 Å². The van der Waals surface area contributed by atoms with Gasteiger partial charge in [-0.2, -0.15) is 0 Å². The van der Waals surface area contributed by atoms with Gasteiger partial charge >= 0.3 is 0 Å². The number of carbonyl (C=O) groups excluding carboxylic acids is 2. The van der Waals surface area contributed by atoms with Crippen molar-refractivity contribution in [1.82, 2.24) is 10.2 Å². The van der Waals surface area contributed by atoms with Gasteiger partial charge in [0.25, 0.3) is 10.0 Å². The summed E-state index contributed by atoms with van der Waals surface area (Å²) in [7, 11) is -4.13. The average molecular weight is 631 g/mol. The van der Waals surface area contributed by atoms with E-state index < -0.39 is 28.5 Å². The highest BCUT2D eigenvalue weighted by molar-refractivity contribution is 7.92. The Morgan fingerprint density at radius 2 is 1.67 bits per heavy atom. The van der Waals surface area contributed by atoms with E-state index in [2.05, 4.69) is 5.32 Å². The van der Waals surface area contributed by atoms with Crippen LogP contribution in [-0.2, 0) is 26.2 Å². The van der Waals surface area contributed by atoms with Crippen molar-refractivity contribution in [3.8, 4) is 0 Å². The highest BCUT2D eigenvalue weighted by atomic mass is 35.5. The number of benzene rings is 3. The fourth-order valence-electron chi connectivity index (χ4n) is 5.44.